The first kappa shape index (κ1) is 15.6. The van der Waals surface area contributed by atoms with Crippen LogP contribution in [0.2, 0.25) is 5.02 Å². The first-order chi connectivity index (χ1) is 11.0. The molecular formula is C18H16ClFN2O. The fourth-order valence-corrected chi connectivity index (χ4v) is 2.93. The summed E-state index contributed by atoms with van der Waals surface area (Å²) in [4.78, 5) is 14.2. The maximum atomic E-state index is 13.9. The molecule has 0 aliphatic carbocycles. The van der Waals surface area contributed by atoms with Crippen LogP contribution in [0, 0.1) is 5.82 Å². The van der Waals surface area contributed by atoms with Gasteiger partial charge in [0.25, 0.3) is 5.91 Å². The summed E-state index contributed by atoms with van der Waals surface area (Å²) in [6, 6.07) is 12.2. The molecule has 3 nitrogen and oxygen atoms in total. The Balaban J connectivity index is 1.93. The Kier molecular flexibility index (Phi) is 4.09. The highest BCUT2D eigenvalue weighted by molar-refractivity contribution is 6.31. The van der Waals surface area contributed by atoms with Crippen molar-refractivity contribution in [2.24, 2.45) is 7.05 Å². The lowest BCUT2D eigenvalue weighted by atomic mass is 10.1. The van der Waals surface area contributed by atoms with Crippen molar-refractivity contribution < 1.29 is 9.18 Å². The van der Waals surface area contributed by atoms with E-state index in [0.29, 0.717) is 16.1 Å². The van der Waals surface area contributed by atoms with Gasteiger partial charge >= 0.3 is 0 Å². The van der Waals surface area contributed by atoms with Gasteiger partial charge in [-0.1, -0.05) is 35.9 Å². The summed E-state index contributed by atoms with van der Waals surface area (Å²) in [5.74, 6) is -0.573. The lowest BCUT2D eigenvalue weighted by Gasteiger charge is -2.18. The topological polar surface area (TPSA) is 25.2 Å². The molecule has 0 fully saturated rings. The van der Waals surface area contributed by atoms with E-state index in [2.05, 4.69) is 0 Å². The molecule has 0 atom stereocenters. The molecule has 3 aromatic rings. The van der Waals surface area contributed by atoms with Gasteiger partial charge in [0.05, 0.1) is 5.56 Å². The third kappa shape index (κ3) is 2.82. The summed E-state index contributed by atoms with van der Waals surface area (Å²) < 4.78 is 15.8. The zero-order chi connectivity index (χ0) is 16.6. The molecule has 3 rings (SSSR count). The van der Waals surface area contributed by atoms with E-state index in [9.17, 15) is 9.18 Å². The summed E-state index contributed by atoms with van der Waals surface area (Å²) in [7, 11) is 3.54. The highest BCUT2D eigenvalue weighted by atomic mass is 35.5. The second-order valence-electron chi connectivity index (χ2n) is 5.53. The molecule has 0 saturated carbocycles. The number of nitrogens with zero attached hydrogens (tertiary/aromatic N) is 2. The average Bonchev–Trinajstić information content (AvgIpc) is 2.88. The number of carbonyl (C=O) groups excluding carboxylic acids is 1. The van der Waals surface area contributed by atoms with E-state index in [4.69, 9.17) is 11.6 Å². The van der Waals surface area contributed by atoms with E-state index in [1.807, 2.05) is 35.9 Å². The average molecular weight is 331 g/mol. The molecule has 0 saturated heterocycles. The van der Waals surface area contributed by atoms with Crippen molar-refractivity contribution in [3.8, 4) is 0 Å². The van der Waals surface area contributed by atoms with E-state index < -0.39 is 5.82 Å². The number of halogens is 2. The minimum Gasteiger partial charge on any atom is -0.350 e. The molecule has 2 aromatic carbocycles. The molecular weight excluding hydrogens is 315 g/mol. The predicted molar refractivity (Wildman–Crippen MR) is 90.1 cm³/mol. The van der Waals surface area contributed by atoms with Crippen LogP contribution in [0.4, 0.5) is 4.39 Å². The van der Waals surface area contributed by atoms with Crippen LogP contribution in [-0.4, -0.2) is 22.4 Å². The predicted octanol–water partition coefficient (Wildman–Crippen LogP) is 4.24. The Hall–Kier alpha value is -2.33. The Bertz CT molecular complexity index is 868. The molecule has 1 heterocycles. The Morgan fingerprint density at radius 3 is 2.70 bits per heavy atom. The number of para-hydroxylation sites is 1. The molecule has 0 radical (unpaired) electrons. The van der Waals surface area contributed by atoms with E-state index >= 15 is 0 Å². The summed E-state index contributed by atoms with van der Waals surface area (Å²) >= 11 is 6.04. The number of hydrogen-bond acceptors (Lipinski definition) is 1. The standard InChI is InChI=1S/C18H16ClFN2O/c1-21-10-13(12-6-3-4-9-17(12)21)18(23)22(2)11-14-15(19)7-5-8-16(14)20/h3-10H,11H2,1-2H3. The smallest absolute Gasteiger partial charge is 0.256 e. The van der Waals surface area contributed by atoms with Crippen molar-refractivity contribution in [2.75, 3.05) is 7.05 Å². The van der Waals surface area contributed by atoms with Crippen molar-refractivity contribution in [1.29, 1.82) is 0 Å². The van der Waals surface area contributed by atoms with Gasteiger partial charge in [-0.05, 0) is 18.2 Å². The first-order valence-corrected chi connectivity index (χ1v) is 7.59. The minimum absolute atomic E-state index is 0.119. The maximum Gasteiger partial charge on any atom is 0.256 e. The third-order valence-electron chi connectivity index (χ3n) is 3.93. The highest BCUT2D eigenvalue weighted by Gasteiger charge is 2.19. The number of hydrogen-bond donors (Lipinski definition) is 0. The number of amides is 1. The number of aryl methyl sites for hydroxylation is 1. The molecule has 0 spiro atoms. The van der Waals surface area contributed by atoms with Gasteiger partial charge in [-0.15, -0.1) is 0 Å². The van der Waals surface area contributed by atoms with Gasteiger partial charge in [0.15, 0.2) is 0 Å². The number of carbonyl (C=O) groups is 1. The number of rotatable bonds is 3. The van der Waals surface area contributed by atoms with Gasteiger partial charge in [0, 0.05) is 48.3 Å². The van der Waals surface area contributed by atoms with E-state index in [1.165, 1.54) is 11.0 Å². The van der Waals surface area contributed by atoms with Crippen LogP contribution in [0.1, 0.15) is 15.9 Å². The van der Waals surface area contributed by atoms with Crippen molar-refractivity contribution in [2.45, 2.75) is 6.54 Å². The monoisotopic (exact) mass is 330 g/mol. The number of benzene rings is 2. The summed E-state index contributed by atoms with van der Waals surface area (Å²) in [6.45, 7) is 0.119. The van der Waals surface area contributed by atoms with Gasteiger partial charge in [-0.3, -0.25) is 4.79 Å². The van der Waals surface area contributed by atoms with Crippen LogP contribution in [-0.2, 0) is 13.6 Å². The lowest BCUT2D eigenvalue weighted by Crippen LogP contribution is -2.26. The largest absolute Gasteiger partial charge is 0.350 e. The molecule has 0 unspecified atom stereocenters. The van der Waals surface area contributed by atoms with Crippen molar-refractivity contribution in [1.82, 2.24) is 9.47 Å². The molecule has 1 aromatic heterocycles. The van der Waals surface area contributed by atoms with Crippen LogP contribution in [0.25, 0.3) is 10.9 Å². The fraction of sp³-hybridized carbons (Fsp3) is 0.167. The second-order valence-corrected chi connectivity index (χ2v) is 5.94. The summed E-state index contributed by atoms with van der Waals surface area (Å²) in [6.07, 6.45) is 1.80. The Morgan fingerprint density at radius 2 is 1.96 bits per heavy atom. The highest BCUT2D eigenvalue weighted by Crippen LogP contribution is 2.24. The molecule has 0 N–H and O–H groups in total. The SMILES string of the molecule is CN(Cc1c(F)cccc1Cl)C(=O)c1cn(C)c2ccccc12. The first-order valence-electron chi connectivity index (χ1n) is 7.21. The van der Waals surface area contributed by atoms with E-state index in [1.54, 1.807) is 25.4 Å². The van der Waals surface area contributed by atoms with Crippen LogP contribution < -0.4 is 0 Å². The van der Waals surface area contributed by atoms with Crippen LogP contribution in [0.3, 0.4) is 0 Å². The molecule has 1 amide bonds. The summed E-state index contributed by atoms with van der Waals surface area (Å²) in [5.41, 5.74) is 1.90. The van der Waals surface area contributed by atoms with Crippen molar-refractivity contribution >= 4 is 28.4 Å². The van der Waals surface area contributed by atoms with Crippen molar-refractivity contribution in [3.63, 3.8) is 0 Å². The van der Waals surface area contributed by atoms with Gasteiger partial charge in [0.1, 0.15) is 5.82 Å². The van der Waals surface area contributed by atoms with E-state index in [0.717, 1.165) is 10.9 Å². The van der Waals surface area contributed by atoms with Crippen LogP contribution >= 0.6 is 11.6 Å². The van der Waals surface area contributed by atoms with E-state index in [-0.39, 0.29) is 12.5 Å². The molecule has 23 heavy (non-hydrogen) atoms. The normalized spacial score (nSPS) is 11.0. The number of fused-ring (bicyclic) bond motifs is 1. The van der Waals surface area contributed by atoms with Gasteiger partial charge in [-0.2, -0.15) is 0 Å². The molecule has 118 valence electrons. The van der Waals surface area contributed by atoms with Crippen molar-refractivity contribution in [3.05, 3.63) is 70.6 Å². The zero-order valence-electron chi connectivity index (χ0n) is 12.9. The van der Waals surface area contributed by atoms with Crippen LogP contribution in [0.15, 0.2) is 48.7 Å². The lowest BCUT2D eigenvalue weighted by molar-refractivity contribution is 0.0785. The van der Waals surface area contributed by atoms with Gasteiger partial charge in [-0.25, -0.2) is 4.39 Å². The molecule has 0 bridgehead atoms. The molecule has 0 aliphatic rings. The maximum absolute atomic E-state index is 13.9. The number of aromatic nitrogens is 1. The third-order valence-corrected chi connectivity index (χ3v) is 4.29. The second kappa shape index (κ2) is 6.05. The fourth-order valence-electron chi connectivity index (χ4n) is 2.71. The molecule has 5 heteroatoms. The van der Waals surface area contributed by atoms with Gasteiger partial charge in [0.2, 0.25) is 0 Å². The quantitative estimate of drug-likeness (QED) is 0.705. The van der Waals surface area contributed by atoms with Crippen LogP contribution in [0.5, 0.6) is 0 Å². The zero-order valence-corrected chi connectivity index (χ0v) is 13.6. The van der Waals surface area contributed by atoms with Gasteiger partial charge < -0.3 is 9.47 Å². The Morgan fingerprint density at radius 1 is 1.22 bits per heavy atom. The summed E-state index contributed by atoms with van der Waals surface area (Å²) in [5, 5.41) is 1.20. The Labute approximate surface area is 138 Å². The minimum atomic E-state index is -0.407. The molecule has 0 aliphatic heterocycles.